The lowest BCUT2D eigenvalue weighted by atomic mass is 9.94. The molecule has 1 unspecified atom stereocenters. The van der Waals surface area contributed by atoms with Crippen molar-refractivity contribution < 1.29 is 5.11 Å². The molecule has 1 nitrogen and oxygen atoms in total. The Morgan fingerprint density at radius 2 is 2.08 bits per heavy atom. The van der Waals surface area contributed by atoms with Crippen molar-refractivity contribution in [3.63, 3.8) is 0 Å². The Labute approximate surface area is 82.2 Å². The first-order valence-corrected chi connectivity index (χ1v) is 5.22. The monoisotopic (exact) mass is 182 g/mol. The third-order valence-electron chi connectivity index (χ3n) is 2.19. The van der Waals surface area contributed by atoms with Gasteiger partial charge in [0.15, 0.2) is 0 Å². The molecule has 0 saturated carbocycles. The van der Waals surface area contributed by atoms with E-state index in [4.69, 9.17) is 5.11 Å². The van der Waals surface area contributed by atoms with Crippen molar-refractivity contribution in [2.75, 3.05) is 6.61 Å². The van der Waals surface area contributed by atoms with Crippen LogP contribution in [0, 0.1) is 5.92 Å². The maximum Gasteiger partial charge on any atom is 0.0531 e. The van der Waals surface area contributed by atoms with E-state index in [1.165, 1.54) is 12.0 Å². The first kappa shape index (κ1) is 12.4. The third kappa shape index (κ3) is 4.89. The van der Waals surface area contributed by atoms with Gasteiger partial charge in [-0.15, -0.1) is 6.58 Å². The molecule has 0 aromatic rings. The Bertz CT molecular complexity index is 159. The number of hydrogen-bond donors (Lipinski definition) is 1. The van der Waals surface area contributed by atoms with Crippen molar-refractivity contribution in [1.82, 2.24) is 0 Å². The second-order valence-corrected chi connectivity index (χ2v) is 3.34. The van der Waals surface area contributed by atoms with Crippen LogP contribution in [-0.2, 0) is 0 Å². The van der Waals surface area contributed by atoms with E-state index in [2.05, 4.69) is 26.5 Å². The standard InChI is InChI=1S/C12H22O/c1-4-7-9-12(8-5-2)11(6-3)10-13/h6,9,11,13H,3-5,7-8,10H2,1-2H3/b12-9+. The SMILES string of the molecule is C=CC(CO)/C(=C/CCC)CCC. The molecule has 1 N–H and O–H groups in total. The molecule has 0 saturated heterocycles. The van der Waals surface area contributed by atoms with Crippen LogP contribution < -0.4 is 0 Å². The molecule has 0 rings (SSSR count). The van der Waals surface area contributed by atoms with Crippen LogP contribution in [0.15, 0.2) is 24.3 Å². The van der Waals surface area contributed by atoms with Crippen LogP contribution in [0.25, 0.3) is 0 Å². The molecule has 0 aliphatic heterocycles. The van der Waals surface area contributed by atoms with Gasteiger partial charge in [0, 0.05) is 5.92 Å². The van der Waals surface area contributed by atoms with Gasteiger partial charge in [0.05, 0.1) is 6.61 Å². The molecule has 0 aliphatic carbocycles. The Morgan fingerprint density at radius 1 is 1.38 bits per heavy atom. The topological polar surface area (TPSA) is 20.2 Å². The predicted molar refractivity (Wildman–Crippen MR) is 58.7 cm³/mol. The smallest absolute Gasteiger partial charge is 0.0531 e. The quantitative estimate of drug-likeness (QED) is 0.599. The molecule has 0 fully saturated rings. The molecular weight excluding hydrogens is 160 g/mol. The van der Waals surface area contributed by atoms with Gasteiger partial charge in [-0.1, -0.05) is 44.4 Å². The van der Waals surface area contributed by atoms with Crippen molar-refractivity contribution in [2.45, 2.75) is 39.5 Å². The summed E-state index contributed by atoms with van der Waals surface area (Å²) in [6, 6.07) is 0. The molecule has 76 valence electrons. The molecule has 13 heavy (non-hydrogen) atoms. The lowest BCUT2D eigenvalue weighted by Gasteiger charge is -2.13. The largest absolute Gasteiger partial charge is 0.395 e. The van der Waals surface area contributed by atoms with Crippen molar-refractivity contribution in [3.8, 4) is 0 Å². The summed E-state index contributed by atoms with van der Waals surface area (Å²) in [5, 5.41) is 9.11. The Morgan fingerprint density at radius 3 is 2.46 bits per heavy atom. The minimum atomic E-state index is 0.173. The van der Waals surface area contributed by atoms with Gasteiger partial charge in [-0.3, -0.25) is 0 Å². The zero-order valence-electron chi connectivity index (χ0n) is 8.92. The summed E-state index contributed by atoms with van der Waals surface area (Å²) in [6.45, 7) is 8.27. The molecule has 1 heteroatoms. The van der Waals surface area contributed by atoms with Crippen LogP contribution in [-0.4, -0.2) is 11.7 Å². The first-order valence-electron chi connectivity index (χ1n) is 5.22. The lowest BCUT2D eigenvalue weighted by Crippen LogP contribution is -2.06. The minimum Gasteiger partial charge on any atom is -0.395 e. The van der Waals surface area contributed by atoms with E-state index in [0.29, 0.717) is 0 Å². The van der Waals surface area contributed by atoms with E-state index < -0.39 is 0 Å². The minimum absolute atomic E-state index is 0.173. The molecule has 0 aromatic carbocycles. The van der Waals surface area contributed by atoms with Gasteiger partial charge in [-0.2, -0.15) is 0 Å². The highest BCUT2D eigenvalue weighted by atomic mass is 16.3. The van der Waals surface area contributed by atoms with Crippen molar-refractivity contribution in [1.29, 1.82) is 0 Å². The number of aliphatic hydroxyl groups is 1. The zero-order chi connectivity index (χ0) is 10.1. The van der Waals surface area contributed by atoms with Crippen LogP contribution in [0.2, 0.25) is 0 Å². The summed E-state index contributed by atoms with van der Waals surface area (Å²) in [4.78, 5) is 0. The van der Waals surface area contributed by atoms with Crippen LogP contribution in [0.1, 0.15) is 39.5 Å². The summed E-state index contributed by atoms with van der Waals surface area (Å²) in [5.74, 6) is 0.173. The zero-order valence-corrected chi connectivity index (χ0v) is 8.92. The van der Waals surface area contributed by atoms with Gasteiger partial charge in [-0.05, 0) is 12.8 Å². The van der Waals surface area contributed by atoms with Crippen LogP contribution >= 0.6 is 0 Å². The molecule has 0 radical (unpaired) electrons. The van der Waals surface area contributed by atoms with Crippen molar-refractivity contribution in [2.24, 2.45) is 5.92 Å². The molecular formula is C12H22O. The fourth-order valence-corrected chi connectivity index (χ4v) is 1.40. The van der Waals surface area contributed by atoms with E-state index in [0.717, 1.165) is 19.3 Å². The Balaban J connectivity index is 4.27. The first-order chi connectivity index (χ1) is 6.29. The molecule has 0 bridgehead atoms. The Kier molecular flexibility index (Phi) is 7.71. The molecule has 0 heterocycles. The van der Waals surface area contributed by atoms with Crippen molar-refractivity contribution in [3.05, 3.63) is 24.3 Å². The molecule has 0 amide bonds. The van der Waals surface area contributed by atoms with Gasteiger partial charge in [0.2, 0.25) is 0 Å². The normalized spacial score (nSPS) is 14.2. The van der Waals surface area contributed by atoms with E-state index in [1.54, 1.807) is 0 Å². The van der Waals surface area contributed by atoms with Crippen LogP contribution in [0.3, 0.4) is 0 Å². The van der Waals surface area contributed by atoms with Crippen LogP contribution in [0.5, 0.6) is 0 Å². The third-order valence-corrected chi connectivity index (χ3v) is 2.19. The summed E-state index contributed by atoms with van der Waals surface area (Å²) < 4.78 is 0. The van der Waals surface area contributed by atoms with Crippen LogP contribution in [0.4, 0.5) is 0 Å². The summed E-state index contributed by atoms with van der Waals surface area (Å²) in [6.07, 6.45) is 8.60. The number of allylic oxidation sites excluding steroid dienone is 1. The number of unbranched alkanes of at least 4 members (excludes halogenated alkanes) is 1. The maximum atomic E-state index is 9.11. The summed E-state index contributed by atoms with van der Waals surface area (Å²) in [5.41, 5.74) is 1.35. The highest BCUT2D eigenvalue weighted by Gasteiger charge is 2.07. The lowest BCUT2D eigenvalue weighted by molar-refractivity contribution is 0.266. The maximum absolute atomic E-state index is 9.11. The fourth-order valence-electron chi connectivity index (χ4n) is 1.40. The number of aliphatic hydroxyl groups excluding tert-OH is 1. The average Bonchev–Trinajstić information content (AvgIpc) is 2.16. The highest BCUT2D eigenvalue weighted by Crippen LogP contribution is 2.18. The number of hydrogen-bond acceptors (Lipinski definition) is 1. The second kappa shape index (κ2) is 8.06. The Hall–Kier alpha value is -0.560. The summed E-state index contributed by atoms with van der Waals surface area (Å²) >= 11 is 0. The van der Waals surface area contributed by atoms with Gasteiger partial charge < -0.3 is 5.11 Å². The molecule has 0 spiro atoms. The molecule has 1 atom stereocenters. The number of rotatable bonds is 7. The van der Waals surface area contributed by atoms with E-state index in [-0.39, 0.29) is 12.5 Å². The van der Waals surface area contributed by atoms with Gasteiger partial charge in [0.25, 0.3) is 0 Å². The molecule has 0 aromatic heterocycles. The molecule has 0 aliphatic rings. The van der Waals surface area contributed by atoms with Gasteiger partial charge >= 0.3 is 0 Å². The van der Waals surface area contributed by atoms with Gasteiger partial charge in [0.1, 0.15) is 0 Å². The average molecular weight is 182 g/mol. The van der Waals surface area contributed by atoms with E-state index in [9.17, 15) is 0 Å². The van der Waals surface area contributed by atoms with Crippen molar-refractivity contribution >= 4 is 0 Å². The van der Waals surface area contributed by atoms with Gasteiger partial charge in [-0.25, -0.2) is 0 Å². The predicted octanol–water partition coefficient (Wildman–Crippen LogP) is 3.31. The fraction of sp³-hybridized carbons (Fsp3) is 0.667. The highest BCUT2D eigenvalue weighted by molar-refractivity contribution is 5.12. The van der Waals surface area contributed by atoms with E-state index >= 15 is 0 Å². The van der Waals surface area contributed by atoms with E-state index in [1.807, 2.05) is 6.08 Å². The summed E-state index contributed by atoms with van der Waals surface area (Å²) in [7, 11) is 0. The second-order valence-electron chi connectivity index (χ2n) is 3.34.